The van der Waals surface area contributed by atoms with Gasteiger partial charge >= 0.3 is 0 Å². The molecule has 3 rings (SSSR count). The Hall–Kier alpha value is -2.11. The van der Waals surface area contributed by atoms with Crippen LogP contribution in [0, 0.1) is 0 Å². The molecule has 2 heterocycles. The number of amides is 1. The van der Waals surface area contributed by atoms with Crippen LogP contribution in [0.15, 0.2) is 48.1 Å². The van der Waals surface area contributed by atoms with E-state index in [9.17, 15) is 4.79 Å². The molecule has 1 unspecified atom stereocenters. The lowest BCUT2D eigenvalue weighted by molar-refractivity contribution is 0.0939. The molecular formula is C21H24ClN3OS. The molecule has 1 aromatic carbocycles. The first-order chi connectivity index (χ1) is 13.0. The average Bonchev–Trinajstić information content (AvgIpc) is 3.29. The Bertz CT molecular complexity index is 898. The van der Waals surface area contributed by atoms with E-state index in [4.69, 9.17) is 11.6 Å². The van der Waals surface area contributed by atoms with Gasteiger partial charge in [-0.25, -0.2) is 0 Å². The zero-order valence-corrected chi connectivity index (χ0v) is 17.3. The summed E-state index contributed by atoms with van der Waals surface area (Å²) in [6.45, 7) is 7.05. The molecule has 2 aromatic heterocycles. The van der Waals surface area contributed by atoms with Crippen LogP contribution in [-0.2, 0) is 6.54 Å². The molecule has 6 heteroatoms. The van der Waals surface area contributed by atoms with E-state index in [1.54, 1.807) is 17.1 Å². The number of aromatic nitrogens is 2. The van der Waals surface area contributed by atoms with Crippen molar-refractivity contribution in [2.24, 2.45) is 0 Å². The number of thiophene rings is 1. The van der Waals surface area contributed by atoms with E-state index in [-0.39, 0.29) is 11.9 Å². The van der Waals surface area contributed by atoms with Gasteiger partial charge in [0.25, 0.3) is 5.91 Å². The molecular weight excluding hydrogens is 378 g/mol. The van der Waals surface area contributed by atoms with Crippen molar-refractivity contribution in [1.29, 1.82) is 0 Å². The number of hydrogen-bond donors (Lipinski definition) is 1. The number of benzene rings is 1. The van der Waals surface area contributed by atoms with Gasteiger partial charge in [-0.05, 0) is 40.5 Å². The van der Waals surface area contributed by atoms with E-state index < -0.39 is 0 Å². The SMILES string of the molecule is CCC(NC(=O)c1cc(Cn2cc(Cl)cn2)cs1)c1ccc(C(C)C)cc1. The van der Waals surface area contributed by atoms with Gasteiger partial charge in [-0.2, -0.15) is 5.10 Å². The zero-order chi connectivity index (χ0) is 19.4. The van der Waals surface area contributed by atoms with E-state index in [0.717, 1.165) is 17.5 Å². The molecule has 0 saturated carbocycles. The van der Waals surface area contributed by atoms with E-state index in [1.807, 2.05) is 11.4 Å². The van der Waals surface area contributed by atoms with Crippen LogP contribution in [0.25, 0.3) is 0 Å². The normalized spacial score (nSPS) is 12.3. The predicted octanol–water partition coefficient (Wildman–Crippen LogP) is 5.65. The fourth-order valence-electron chi connectivity index (χ4n) is 2.95. The molecule has 0 aliphatic carbocycles. The third-order valence-corrected chi connectivity index (χ3v) is 5.72. The number of rotatable bonds is 7. The molecule has 1 atom stereocenters. The molecule has 0 aliphatic heterocycles. The van der Waals surface area contributed by atoms with Crippen molar-refractivity contribution < 1.29 is 4.79 Å². The van der Waals surface area contributed by atoms with Crippen LogP contribution in [-0.4, -0.2) is 15.7 Å². The number of nitrogens with zero attached hydrogens (tertiary/aromatic N) is 2. The summed E-state index contributed by atoms with van der Waals surface area (Å²) in [4.78, 5) is 13.4. The van der Waals surface area contributed by atoms with Crippen LogP contribution in [0.3, 0.4) is 0 Å². The second kappa shape index (κ2) is 8.72. The molecule has 1 amide bonds. The fraction of sp³-hybridized carbons (Fsp3) is 0.333. The van der Waals surface area contributed by atoms with Crippen LogP contribution in [0.5, 0.6) is 0 Å². The highest BCUT2D eigenvalue weighted by Crippen LogP contribution is 2.23. The van der Waals surface area contributed by atoms with Crippen molar-refractivity contribution in [2.75, 3.05) is 0 Å². The Morgan fingerprint density at radius 1 is 1.26 bits per heavy atom. The fourth-order valence-corrected chi connectivity index (χ4v) is 3.92. The van der Waals surface area contributed by atoms with Gasteiger partial charge in [0.1, 0.15) is 0 Å². The molecule has 0 radical (unpaired) electrons. The number of halogens is 1. The van der Waals surface area contributed by atoms with Crippen LogP contribution in [0.4, 0.5) is 0 Å². The Kier molecular flexibility index (Phi) is 6.34. The Labute approximate surface area is 169 Å². The Balaban J connectivity index is 1.66. The molecule has 0 aliphatic rings. The quantitative estimate of drug-likeness (QED) is 0.556. The van der Waals surface area contributed by atoms with E-state index in [2.05, 4.69) is 55.5 Å². The maximum Gasteiger partial charge on any atom is 0.261 e. The van der Waals surface area contributed by atoms with Crippen LogP contribution in [0.2, 0.25) is 5.02 Å². The van der Waals surface area contributed by atoms with Crippen molar-refractivity contribution >= 4 is 28.8 Å². The lowest BCUT2D eigenvalue weighted by Gasteiger charge is -2.18. The summed E-state index contributed by atoms with van der Waals surface area (Å²) in [7, 11) is 0. The van der Waals surface area contributed by atoms with Crippen LogP contribution in [0.1, 0.15) is 65.5 Å². The van der Waals surface area contributed by atoms with Crippen molar-refractivity contribution in [2.45, 2.75) is 45.7 Å². The molecule has 1 N–H and O–H groups in total. The maximum absolute atomic E-state index is 12.7. The van der Waals surface area contributed by atoms with Crippen LogP contribution < -0.4 is 5.32 Å². The second-order valence-corrected chi connectivity index (χ2v) is 8.28. The minimum Gasteiger partial charge on any atom is -0.345 e. The second-order valence-electron chi connectivity index (χ2n) is 6.93. The first-order valence-corrected chi connectivity index (χ1v) is 10.4. The van der Waals surface area contributed by atoms with E-state index in [1.165, 1.54) is 16.9 Å². The average molecular weight is 402 g/mol. The lowest BCUT2D eigenvalue weighted by atomic mass is 9.98. The van der Waals surface area contributed by atoms with E-state index in [0.29, 0.717) is 22.4 Å². The largest absolute Gasteiger partial charge is 0.345 e. The maximum atomic E-state index is 12.7. The molecule has 27 heavy (non-hydrogen) atoms. The standard InChI is InChI=1S/C21H24ClN3OS/c1-4-19(17-7-5-16(6-8-17)14(2)3)24-21(26)20-9-15(13-27-20)11-25-12-18(22)10-23-25/h5-10,12-14,19H,4,11H2,1-3H3,(H,24,26). The highest BCUT2D eigenvalue weighted by atomic mass is 35.5. The molecule has 0 saturated heterocycles. The molecule has 0 fully saturated rings. The molecule has 142 valence electrons. The topological polar surface area (TPSA) is 46.9 Å². The Morgan fingerprint density at radius 3 is 2.56 bits per heavy atom. The smallest absolute Gasteiger partial charge is 0.261 e. The summed E-state index contributed by atoms with van der Waals surface area (Å²) in [5.41, 5.74) is 3.49. The van der Waals surface area contributed by atoms with E-state index >= 15 is 0 Å². The lowest BCUT2D eigenvalue weighted by Crippen LogP contribution is -2.27. The number of carbonyl (C=O) groups excluding carboxylic acids is 1. The predicted molar refractivity (Wildman–Crippen MR) is 112 cm³/mol. The van der Waals surface area contributed by atoms with Gasteiger partial charge in [-0.1, -0.05) is 56.6 Å². The summed E-state index contributed by atoms with van der Waals surface area (Å²) < 4.78 is 1.76. The first kappa shape index (κ1) is 19.6. The van der Waals surface area contributed by atoms with Crippen LogP contribution >= 0.6 is 22.9 Å². The summed E-state index contributed by atoms with van der Waals surface area (Å²) in [6.07, 6.45) is 4.22. The highest BCUT2D eigenvalue weighted by molar-refractivity contribution is 7.12. The van der Waals surface area contributed by atoms with Crippen molar-refractivity contribution in [3.05, 3.63) is 74.7 Å². The summed E-state index contributed by atoms with van der Waals surface area (Å²) in [5, 5.41) is 9.93. The number of hydrogen-bond acceptors (Lipinski definition) is 3. The first-order valence-electron chi connectivity index (χ1n) is 9.12. The minimum absolute atomic E-state index is 0.00850. The molecule has 3 aromatic rings. The van der Waals surface area contributed by atoms with Crippen molar-refractivity contribution in [1.82, 2.24) is 15.1 Å². The third-order valence-electron chi connectivity index (χ3n) is 4.54. The monoisotopic (exact) mass is 401 g/mol. The van der Waals surface area contributed by atoms with Crippen molar-refractivity contribution in [3.63, 3.8) is 0 Å². The van der Waals surface area contributed by atoms with Gasteiger partial charge in [-0.3, -0.25) is 9.48 Å². The zero-order valence-electron chi connectivity index (χ0n) is 15.8. The molecule has 4 nitrogen and oxygen atoms in total. The van der Waals surface area contributed by atoms with Gasteiger partial charge in [-0.15, -0.1) is 11.3 Å². The highest BCUT2D eigenvalue weighted by Gasteiger charge is 2.16. The van der Waals surface area contributed by atoms with Gasteiger partial charge in [0.2, 0.25) is 0 Å². The molecule has 0 bridgehead atoms. The molecule has 0 spiro atoms. The van der Waals surface area contributed by atoms with Gasteiger partial charge in [0, 0.05) is 6.20 Å². The van der Waals surface area contributed by atoms with Gasteiger partial charge in [0.15, 0.2) is 0 Å². The van der Waals surface area contributed by atoms with Gasteiger partial charge < -0.3 is 5.32 Å². The summed E-state index contributed by atoms with van der Waals surface area (Å²) in [5.74, 6) is 0.465. The van der Waals surface area contributed by atoms with Gasteiger partial charge in [0.05, 0.1) is 28.7 Å². The van der Waals surface area contributed by atoms with Crippen molar-refractivity contribution in [3.8, 4) is 0 Å². The number of nitrogens with one attached hydrogen (secondary N) is 1. The third kappa shape index (κ3) is 4.99. The number of carbonyl (C=O) groups is 1. The Morgan fingerprint density at radius 2 is 1.96 bits per heavy atom. The summed E-state index contributed by atoms with van der Waals surface area (Å²) >= 11 is 7.35. The minimum atomic E-state index is -0.0375. The summed E-state index contributed by atoms with van der Waals surface area (Å²) in [6, 6.07) is 10.5.